The molecule has 9 heteroatoms. The highest BCUT2D eigenvalue weighted by atomic mass is 79.9. The summed E-state index contributed by atoms with van der Waals surface area (Å²) in [5.41, 5.74) is 3.68. The maximum atomic E-state index is 5.34. The second-order valence-electron chi connectivity index (χ2n) is 5.67. The van der Waals surface area contributed by atoms with Crippen LogP contribution in [-0.4, -0.2) is 69.8 Å². The van der Waals surface area contributed by atoms with Gasteiger partial charge in [0.15, 0.2) is 16.6 Å². The van der Waals surface area contributed by atoms with E-state index in [9.17, 15) is 0 Å². The van der Waals surface area contributed by atoms with Crippen LogP contribution in [-0.2, 0) is 4.74 Å². The summed E-state index contributed by atoms with van der Waals surface area (Å²) in [5.74, 6) is 1.28. The van der Waals surface area contributed by atoms with E-state index < -0.39 is 0 Å². The number of benzene rings is 1. The molecule has 1 aliphatic heterocycles. The molecule has 1 aromatic rings. The summed E-state index contributed by atoms with van der Waals surface area (Å²) in [6.45, 7) is 5.52. The first-order valence-corrected chi connectivity index (χ1v) is 9.62. The molecule has 1 aliphatic rings. The lowest BCUT2D eigenvalue weighted by atomic mass is 10.2. The lowest BCUT2D eigenvalue weighted by molar-refractivity contribution is 0.0376. The van der Waals surface area contributed by atoms with Crippen molar-refractivity contribution in [3.8, 4) is 11.5 Å². The second kappa shape index (κ2) is 11.3. The minimum atomic E-state index is 0.503. The summed E-state index contributed by atoms with van der Waals surface area (Å²) < 4.78 is 16.7. The van der Waals surface area contributed by atoms with Gasteiger partial charge in [0.05, 0.1) is 38.1 Å². The molecule has 1 fully saturated rings. The average Bonchev–Trinajstić information content (AvgIpc) is 2.65. The molecule has 0 bridgehead atoms. The lowest BCUT2D eigenvalue weighted by Crippen LogP contribution is -2.39. The van der Waals surface area contributed by atoms with Crippen LogP contribution in [0.5, 0.6) is 11.5 Å². The largest absolute Gasteiger partial charge is 0.493 e. The van der Waals surface area contributed by atoms with Gasteiger partial charge in [0.25, 0.3) is 0 Å². The zero-order valence-corrected chi connectivity index (χ0v) is 17.5. The Morgan fingerprint density at radius 1 is 1.35 bits per heavy atom. The van der Waals surface area contributed by atoms with Crippen LogP contribution in [0, 0.1) is 0 Å². The number of hydrazone groups is 1. The van der Waals surface area contributed by atoms with E-state index in [-0.39, 0.29) is 0 Å². The molecule has 26 heavy (non-hydrogen) atoms. The normalized spacial score (nSPS) is 15.0. The Kier molecular flexibility index (Phi) is 9.10. The molecule has 7 nitrogen and oxygen atoms in total. The van der Waals surface area contributed by atoms with Crippen LogP contribution < -0.4 is 20.2 Å². The molecule has 0 atom stereocenters. The fourth-order valence-electron chi connectivity index (χ4n) is 2.55. The van der Waals surface area contributed by atoms with E-state index in [1.165, 1.54) is 0 Å². The summed E-state index contributed by atoms with van der Waals surface area (Å²) in [4.78, 5) is 2.40. The molecular formula is C17H25BrN4O3S. The number of nitrogens with zero attached hydrogens (tertiary/aromatic N) is 2. The highest BCUT2D eigenvalue weighted by molar-refractivity contribution is 9.10. The number of hydrogen-bond donors (Lipinski definition) is 2. The van der Waals surface area contributed by atoms with E-state index in [1.807, 2.05) is 12.1 Å². The van der Waals surface area contributed by atoms with Gasteiger partial charge in [-0.2, -0.15) is 5.10 Å². The van der Waals surface area contributed by atoms with Gasteiger partial charge in [0.1, 0.15) is 0 Å². The lowest BCUT2D eigenvalue weighted by Gasteiger charge is -2.26. The molecule has 144 valence electrons. The monoisotopic (exact) mass is 444 g/mol. The van der Waals surface area contributed by atoms with Crippen molar-refractivity contribution in [1.29, 1.82) is 0 Å². The maximum absolute atomic E-state index is 5.34. The minimum Gasteiger partial charge on any atom is -0.493 e. The number of thiocarbonyl (C=S) groups is 1. The Bertz CT molecular complexity index is 624. The Morgan fingerprint density at radius 3 is 2.81 bits per heavy atom. The quantitative estimate of drug-likeness (QED) is 0.275. The summed E-state index contributed by atoms with van der Waals surface area (Å²) in [5, 5.41) is 7.82. The van der Waals surface area contributed by atoms with Crippen LogP contribution in [0.1, 0.15) is 12.0 Å². The Balaban J connectivity index is 1.72. The number of halogens is 1. The van der Waals surface area contributed by atoms with Crippen LogP contribution in [0.4, 0.5) is 0 Å². The van der Waals surface area contributed by atoms with E-state index in [0.29, 0.717) is 16.6 Å². The van der Waals surface area contributed by atoms with E-state index in [0.717, 1.165) is 55.8 Å². The molecule has 1 heterocycles. The van der Waals surface area contributed by atoms with Gasteiger partial charge >= 0.3 is 0 Å². The van der Waals surface area contributed by atoms with Gasteiger partial charge < -0.3 is 19.5 Å². The Morgan fingerprint density at radius 2 is 2.12 bits per heavy atom. The molecule has 0 saturated carbocycles. The third-order valence-corrected chi connectivity index (χ3v) is 4.70. The first-order valence-electron chi connectivity index (χ1n) is 8.42. The minimum absolute atomic E-state index is 0.503. The van der Waals surface area contributed by atoms with Gasteiger partial charge in [-0.15, -0.1) is 0 Å². The van der Waals surface area contributed by atoms with Crippen molar-refractivity contribution >= 4 is 39.5 Å². The molecule has 0 amide bonds. The van der Waals surface area contributed by atoms with E-state index in [2.05, 4.69) is 36.7 Å². The zero-order chi connectivity index (χ0) is 18.8. The number of hydrogen-bond acceptors (Lipinski definition) is 6. The van der Waals surface area contributed by atoms with Crippen molar-refractivity contribution in [3.63, 3.8) is 0 Å². The third kappa shape index (κ3) is 6.71. The standard InChI is InChI=1S/C17H25BrN4O3S/c1-23-15-11-13(10-14(18)16(15)24-2)12-20-21-17(26)19-4-3-5-22-6-8-25-9-7-22/h10-12H,3-9H2,1-2H3,(H2,19,21,26)/b20-12+. The second-order valence-corrected chi connectivity index (χ2v) is 6.93. The predicted octanol–water partition coefficient (Wildman–Crippen LogP) is 1.99. The number of methoxy groups -OCH3 is 2. The van der Waals surface area contributed by atoms with Crippen LogP contribution in [0.25, 0.3) is 0 Å². The van der Waals surface area contributed by atoms with Crippen LogP contribution in [0.15, 0.2) is 21.7 Å². The molecule has 0 radical (unpaired) electrons. The van der Waals surface area contributed by atoms with E-state index in [4.69, 9.17) is 26.4 Å². The van der Waals surface area contributed by atoms with Crippen molar-refractivity contribution in [3.05, 3.63) is 22.2 Å². The first-order chi connectivity index (χ1) is 12.6. The van der Waals surface area contributed by atoms with Crippen molar-refractivity contribution in [2.75, 3.05) is 53.6 Å². The maximum Gasteiger partial charge on any atom is 0.186 e. The summed E-state index contributed by atoms with van der Waals surface area (Å²) in [6.07, 6.45) is 2.70. The SMILES string of the molecule is COc1cc(/C=N/NC(=S)NCCCN2CCOCC2)cc(Br)c1OC. The van der Waals surface area contributed by atoms with Crippen molar-refractivity contribution in [2.45, 2.75) is 6.42 Å². The van der Waals surface area contributed by atoms with Gasteiger partial charge in [0, 0.05) is 19.6 Å². The van der Waals surface area contributed by atoms with Crippen LogP contribution >= 0.6 is 28.1 Å². The van der Waals surface area contributed by atoms with Gasteiger partial charge in [-0.1, -0.05) is 0 Å². The Hall–Kier alpha value is -1.42. The summed E-state index contributed by atoms with van der Waals surface area (Å²) >= 11 is 8.69. The van der Waals surface area contributed by atoms with Crippen molar-refractivity contribution < 1.29 is 14.2 Å². The third-order valence-electron chi connectivity index (χ3n) is 3.88. The molecule has 0 spiro atoms. The fourth-order valence-corrected chi connectivity index (χ4v) is 3.32. The van der Waals surface area contributed by atoms with Crippen LogP contribution in [0.3, 0.4) is 0 Å². The molecule has 0 aliphatic carbocycles. The summed E-state index contributed by atoms with van der Waals surface area (Å²) in [7, 11) is 3.19. The fraction of sp³-hybridized carbons (Fsp3) is 0.529. The Labute approximate surface area is 168 Å². The predicted molar refractivity (Wildman–Crippen MR) is 110 cm³/mol. The van der Waals surface area contributed by atoms with Crippen LogP contribution in [0.2, 0.25) is 0 Å². The van der Waals surface area contributed by atoms with Crippen molar-refractivity contribution in [1.82, 2.24) is 15.6 Å². The summed E-state index contributed by atoms with van der Waals surface area (Å²) in [6, 6.07) is 3.74. The molecular weight excluding hydrogens is 420 g/mol. The molecule has 1 saturated heterocycles. The average molecular weight is 445 g/mol. The number of morpholine rings is 1. The van der Waals surface area contributed by atoms with E-state index in [1.54, 1.807) is 20.4 Å². The number of rotatable bonds is 8. The van der Waals surface area contributed by atoms with E-state index >= 15 is 0 Å². The molecule has 0 aromatic heterocycles. The number of ether oxygens (including phenoxy) is 3. The zero-order valence-electron chi connectivity index (χ0n) is 15.1. The first kappa shape index (κ1) is 20.9. The molecule has 2 N–H and O–H groups in total. The topological polar surface area (TPSA) is 67.4 Å². The molecule has 2 rings (SSSR count). The van der Waals surface area contributed by atoms with Gasteiger partial charge in [-0.3, -0.25) is 10.3 Å². The molecule has 0 unspecified atom stereocenters. The smallest absolute Gasteiger partial charge is 0.186 e. The van der Waals surface area contributed by atoms with Gasteiger partial charge in [-0.25, -0.2) is 0 Å². The van der Waals surface area contributed by atoms with Crippen molar-refractivity contribution in [2.24, 2.45) is 5.10 Å². The van der Waals surface area contributed by atoms with Gasteiger partial charge in [0.2, 0.25) is 0 Å². The molecule has 1 aromatic carbocycles. The highest BCUT2D eigenvalue weighted by Crippen LogP contribution is 2.35. The van der Waals surface area contributed by atoms with Gasteiger partial charge in [-0.05, 0) is 58.8 Å². The number of nitrogens with one attached hydrogen (secondary N) is 2. The highest BCUT2D eigenvalue weighted by Gasteiger charge is 2.10.